The highest BCUT2D eigenvalue weighted by Gasteiger charge is 2.22. The van der Waals surface area contributed by atoms with Gasteiger partial charge in [-0.2, -0.15) is 9.97 Å². The number of hydrogen-bond donors (Lipinski definition) is 5. The SMILES string of the molecule is COc1cc(C(=O)N[C@H](CCC(=O)O)C(=O)O)ccc1N(C)Cc1cnc2nc(N)nc(N)c2n1. The lowest BCUT2D eigenvalue weighted by atomic mass is 10.1. The maximum atomic E-state index is 12.6. The Morgan fingerprint density at radius 1 is 1.17 bits per heavy atom. The molecule has 0 radical (unpaired) electrons. The number of fused-ring (bicyclic) bond motifs is 1. The van der Waals surface area contributed by atoms with Crippen LogP contribution in [0.1, 0.15) is 28.9 Å². The minimum Gasteiger partial charge on any atom is -0.495 e. The minimum atomic E-state index is -1.34. The lowest BCUT2D eigenvalue weighted by Crippen LogP contribution is -2.41. The van der Waals surface area contributed by atoms with E-state index in [1.807, 2.05) is 0 Å². The fourth-order valence-corrected chi connectivity index (χ4v) is 3.29. The quantitative estimate of drug-likeness (QED) is 0.261. The molecule has 1 amide bonds. The fraction of sp³-hybridized carbons (Fsp3) is 0.286. The van der Waals surface area contributed by atoms with E-state index in [9.17, 15) is 19.5 Å². The second-order valence-corrected chi connectivity index (χ2v) is 7.54. The summed E-state index contributed by atoms with van der Waals surface area (Å²) in [6.45, 7) is 0.297. The second-order valence-electron chi connectivity index (χ2n) is 7.54. The first kappa shape index (κ1) is 24.9. The molecule has 14 nitrogen and oxygen atoms in total. The molecule has 0 aliphatic heterocycles. The molecule has 0 saturated carbocycles. The zero-order valence-electron chi connectivity index (χ0n) is 18.9. The van der Waals surface area contributed by atoms with Crippen LogP contribution >= 0.6 is 0 Å². The van der Waals surface area contributed by atoms with Crippen molar-refractivity contribution in [1.82, 2.24) is 25.3 Å². The van der Waals surface area contributed by atoms with Gasteiger partial charge in [-0.1, -0.05) is 0 Å². The first-order valence-corrected chi connectivity index (χ1v) is 10.3. The van der Waals surface area contributed by atoms with Gasteiger partial charge in [0.05, 0.1) is 31.2 Å². The lowest BCUT2D eigenvalue weighted by molar-refractivity contribution is -0.140. The predicted molar refractivity (Wildman–Crippen MR) is 125 cm³/mol. The molecule has 184 valence electrons. The highest BCUT2D eigenvalue weighted by Crippen LogP contribution is 2.30. The zero-order chi connectivity index (χ0) is 25.7. The highest BCUT2D eigenvalue weighted by atomic mass is 16.5. The van der Waals surface area contributed by atoms with Crippen molar-refractivity contribution in [3.63, 3.8) is 0 Å². The van der Waals surface area contributed by atoms with Crippen molar-refractivity contribution in [1.29, 1.82) is 0 Å². The Hall–Kier alpha value is -4.75. The Kier molecular flexibility index (Phi) is 7.43. The number of rotatable bonds is 10. The van der Waals surface area contributed by atoms with Crippen molar-refractivity contribution in [2.75, 3.05) is 30.5 Å². The van der Waals surface area contributed by atoms with Crippen LogP contribution in [0.2, 0.25) is 0 Å². The van der Waals surface area contributed by atoms with E-state index in [4.69, 9.17) is 21.3 Å². The third-order valence-corrected chi connectivity index (χ3v) is 5.00. The number of ether oxygens (including phenoxy) is 1. The van der Waals surface area contributed by atoms with Crippen LogP contribution in [0, 0.1) is 0 Å². The average molecular weight is 484 g/mol. The van der Waals surface area contributed by atoms with Crippen molar-refractivity contribution < 1.29 is 29.3 Å². The second kappa shape index (κ2) is 10.5. The maximum Gasteiger partial charge on any atom is 0.326 e. The van der Waals surface area contributed by atoms with E-state index in [0.717, 1.165) is 0 Å². The smallest absolute Gasteiger partial charge is 0.326 e. The highest BCUT2D eigenvalue weighted by molar-refractivity contribution is 5.97. The summed E-state index contributed by atoms with van der Waals surface area (Å²) in [6, 6.07) is 3.25. The Morgan fingerprint density at radius 3 is 2.57 bits per heavy atom. The number of carbonyl (C=O) groups is 3. The number of aromatic nitrogens is 4. The van der Waals surface area contributed by atoms with Gasteiger partial charge in [0.1, 0.15) is 11.8 Å². The van der Waals surface area contributed by atoms with Crippen molar-refractivity contribution in [3.05, 3.63) is 35.7 Å². The summed E-state index contributed by atoms with van der Waals surface area (Å²) in [7, 11) is 3.21. The van der Waals surface area contributed by atoms with Crippen LogP contribution in [0.25, 0.3) is 11.2 Å². The summed E-state index contributed by atoms with van der Waals surface area (Å²) in [5.41, 5.74) is 13.4. The van der Waals surface area contributed by atoms with E-state index in [0.29, 0.717) is 29.2 Å². The molecule has 0 bridgehead atoms. The molecule has 0 spiro atoms. The number of nitrogens with one attached hydrogen (secondary N) is 1. The molecule has 0 saturated heterocycles. The molecule has 0 fully saturated rings. The van der Waals surface area contributed by atoms with Crippen molar-refractivity contribution >= 4 is 46.5 Å². The van der Waals surface area contributed by atoms with E-state index in [-0.39, 0.29) is 29.4 Å². The van der Waals surface area contributed by atoms with Crippen LogP contribution in [0.3, 0.4) is 0 Å². The molecular formula is C21H24N8O6. The predicted octanol–water partition coefficient (Wildman–Crippen LogP) is 0.277. The Morgan fingerprint density at radius 2 is 1.91 bits per heavy atom. The monoisotopic (exact) mass is 484 g/mol. The molecule has 3 rings (SSSR count). The topological polar surface area (TPSA) is 220 Å². The number of nitrogens with zero attached hydrogens (tertiary/aromatic N) is 5. The van der Waals surface area contributed by atoms with E-state index < -0.39 is 30.3 Å². The Labute approximate surface area is 199 Å². The van der Waals surface area contributed by atoms with Crippen molar-refractivity contribution in [2.24, 2.45) is 0 Å². The summed E-state index contributed by atoms with van der Waals surface area (Å²) in [5.74, 6) is -2.70. The van der Waals surface area contributed by atoms with Gasteiger partial charge >= 0.3 is 11.9 Å². The van der Waals surface area contributed by atoms with Gasteiger partial charge < -0.3 is 36.6 Å². The molecule has 1 atom stereocenters. The van der Waals surface area contributed by atoms with Crippen molar-refractivity contribution in [2.45, 2.75) is 25.4 Å². The number of nitrogens with two attached hydrogens (primary N) is 2. The number of amides is 1. The first-order valence-electron chi connectivity index (χ1n) is 10.3. The van der Waals surface area contributed by atoms with Crippen LogP contribution < -0.4 is 26.4 Å². The van der Waals surface area contributed by atoms with Crippen LogP contribution in [0.5, 0.6) is 5.75 Å². The van der Waals surface area contributed by atoms with E-state index in [1.165, 1.54) is 25.4 Å². The number of benzene rings is 1. The summed E-state index contributed by atoms with van der Waals surface area (Å²) >= 11 is 0. The van der Waals surface area contributed by atoms with Gasteiger partial charge in [0.15, 0.2) is 17.0 Å². The maximum absolute atomic E-state index is 12.6. The minimum absolute atomic E-state index is 0.000378. The van der Waals surface area contributed by atoms with Gasteiger partial charge in [0, 0.05) is 19.0 Å². The largest absolute Gasteiger partial charge is 0.495 e. The number of aliphatic carboxylic acids is 2. The molecule has 7 N–H and O–H groups in total. The molecule has 2 heterocycles. The summed E-state index contributed by atoms with van der Waals surface area (Å²) in [4.78, 5) is 53.1. The standard InChI is InChI=1S/C21H24N8O6/c1-29(9-11-8-24-18-16(25-11)17(22)27-21(23)28-18)13-5-3-10(7-14(13)35-2)19(32)26-12(20(33)34)4-6-15(30)31/h3,5,7-8,12H,4,6,9H2,1-2H3,(H,26,32)(H,30,31)(H,33,34)(H4,22,23,24,27,28)/t12-/m1/s1. The summed E-state index contributed by atoms with van der Waals surface area (Å²) in [5, 5.41) is 20.4. The Bertz CT molecular complexity index is 1280. The van der Waals surface area contributed by atoms with E-state index in [2.05, 4.69) is 25.3 Å². The molecule has 2 aromatic heterocycles. The van der Waals surface area contributed by atoms with Gasteiger partial charge in [-0.15, -0.1) is 0 Å². The molecule has 0 aliphatic rings. The number of hydrogen-bond acceptors (Lipinski definition) is 11. The number of carboxylic acids is 2. The normalized spacial score (nSPS) is 11.6. The summed E-state index contributed by atoms with van der Waals surface area (Å²) < 4.78 is 5.42. The molecular weight excluding hydrogens is 460 g/mol. The average Bonchev–Trinajstić information content (AvgIpc) is 2.81. The number of anilines is 3. The number of carbonyl (C=O) groups excluding carboxylic acids is 1. The van der Waals surface area contributed by atoms with Crippen molar-refractivity contribution in [3.8, 4) is 5.75 Å². The lowest BCUT2D eigenvalue weighted by Gasteiger charge is -2.22. The van der Waals surface area contributed by atoms with Crippen LogP contribution in [-0.2, 0) is 16.1 Å². The number of methoxy groups -OCH3 is 1. The van der Waals surface area contributed by atoms with Gasteiger partial charge in [0.2, 0.25) is 5.95 Å². The molecule has 0 unspecified atom stereocenters. The van der Waals surface area contributed by atoms with Crippen LogP contribution in [-0.4, -0.2) is 68.2 Å². The summed E-state index contributed by atoms with van der Waals surface area (Å²) in [6.07, 6.45) is 0.887. The van der Waals surface area contributed by atoms with Crippen LogP contribution in [0.15, 0.2) is 24.4 Å². The molecule has 1 aromatic carbocycles. The van der Waals surface area contributed by atoms with E-state index >= 15 is 0 Å². The molecule has 3 aromatic rings. The van der Waals surface area contributed by atoms with E-state index in [1.54, 1.807) is 18.0 Å². The fourth-order valence-electron chi connectivity index (χ4n) is 3.29. The molecule has 35 heavy (non-hydrogen) atoms. The Balaban J connectivity index is 1.78. The number of nitrogen functional groups attached to an aromatic ring is 2. The third-order valence-electron chi connectivity index (χ3n) is 5.00. The van der Waals surface area contributed by atoms with Gasteiger partial charge in [-0.3, -0.25) is 9.59 Å². The first-order chi connectivity index (χ1) is 16.6. The van der Waals surface area contributed by atoms with Gasteiger partial charge in [-0.05, 0) is 24.6 Å². The zero-order valence-corrected chi connectivity index (χ0v) is 18.9. The molecule has 0 aliphatic carbocycles. The van der Waals surface area contributed by atoms with Crippen LogP contribution in [0.4, 0.5) is 17.5 Å². The molecule has 14 heteroatoms. The van der Waals surface area contributed by atoms with Gasteiger partial charge in [-0.25, -0.2) is 14.8 Å². The number of carboxylic acid groups (broad SMARTS) is 2. The third kappa shape index (κ3) is 5.98. The van der Waals surface area contributed by atoms with Gasteiger partial charge in [0.25, 0.3) is 5.91 Å².